The zero-order valence-electron chi connectivity index (χ0n) is 13.9. The number of ether oxygens (including phenoxy) is 1. The Hall–Kier alpha value is -2.11. The first-order valence-corrected chi connectivity index (χ1v) is 8.98. The quantitative estimate of drug-likeness (QED) is 0.389. The molecule has 0 spiro atoms. The van der Waals surface area contributed by atoms with Gasteiger partial charge in [-0.25, -0.2) is 4.98 Å². The van der Waals surface area contributed by atoms with Crippen LogP contribution in [0.1, 0.15) is 12.5 Å². The number of hydrogen-bond acceptors (Lipinski definition) is 4. The second-order valence-electron chi connectivity index (χ2n) is 5.43. The second kappa shape index (κ2) is 7.64. The fourth-order valence-corrected chi connectivity index (χ4v) is 3.33. The number of benzene rings is 2. The lowest BCUT2D eigenvalue weighted by molar-refractivity contribution is 0.164. The molecule has 0 saturated heterocycles. The number of nitrogens with zero attached hydrogens (tertiary/aromatic N) is 2. The Morgan fingerprint density at radius 2 is 1.88 bits per heavy atom. The molecular formula is C19H20N2O2S. The van der Waals surface area contributed by atoms with E-state index in [4.69, 9.17) is 9.72 Å². The van der Waals surface area contributed by atoms with Crippen molar-refractivity contribution in [2.75, 3.05) is 19.0 Å². The molecule has 1 aromatic heterocycles. The normalized spacial score (nSPS) is 11.1. The van der Waals surface area contributed by atoms with Gasteiger partial charge in [0.2, 0.25) is 0 Å². The van der Waals surface area contributed by atoms with Gasteiger partial charge in [0.05, 0.1) is 23.2 Å². The van der Waals surface area contributed by atoms with Crippen LogP contribution in [0.25, 0.3) is 16.6 Å². The van der Waals surface area contributed by atoms with Crippen molar-refractivity contribution in [1.82, 2.24) is 9.55 Å². The van der Waals surface area contributed by atoms with Crippen molar-refractivity contribution in [3.8, 4) is 5.69 Å². The number of para-hydroxylation sites is 1. The Bertz CT molecular complexity index is 888. The third-order valence-electron chi connectivity index (χ3n) is 3.70. The maximum absolute atomic E-state index is 13.0. The largest absolute Gasteiger partial charge is 0.381 e. The van der Waals surface area contributed by atoms with Crippen molar-refractivity contribution in [2.45, 2.75) is 19.0 Å². The monoisotopic (exact) mass is 340 g/mol. The van der Waals surface area contributed by atoms with Crippen LogP contribution in [0.4, 0.5) is 0 Å². The highest BCUT2D eigenvalue weighted by Crippen LogP contribution is 2.21. The van der Waals surface area contributed by atoms with Crippen LogP contribution in [0.2, 0.25) is 0 Å². The molecule has 0 N–H and O–H groups in total. The summed E-state index contributed by atoms with van der Waals surface area (Å²) in [4.78, 5) is 17.7. The summed E-state index contributed by atoms with van der Waals surface area (Å²) < 4.78 is 7.09. The van der Waals surface area contributed by atoms with E-state index in [9.17, 15) is 4.79 Å². The Balaban J connectivity index is 2.10. The first kappa shape index (κ1) is 16.7. The molecule has 0 unspecified atom stereocenters. The van der Waals surface area contributed by atoms with Crippen LogP contribution in [0.5, 0.6) is 0 Å². The topological polar surface area (TPSA) is 44.1 Å². The van der Waals surface area contributed by atoms with Gasteiger partial charge in [-0.2, -0.15) is 0 Å². The average Bonchev–Trinajstić information content (AvgIpc) is 2.60. The first-order valence-electron chi connectivity index (χ1n) is 8.00. The van der Waals surface area contributed by atoms with Crippen LogP contribution in [0.15, 0.2) is 58.5 Å². The maximum atomic E-state index is 13.0. The van der Waals surface area contributed by atoms with Gasteiger partial charge in [-0.15, -0.1) is 0 Å². The van der Waals surface area contributed by atoms with Crippen LogP contribution < -0.4 is 5.56 Å². The highest BCUT2D eigenvalue weighted by molar-refractivity contribution is 7.99. The summed E-state index contributed by atoms with van der Waals surface area (Å²) >= 11 is 1.54. The Morgan fingerprint density at radius 3 is 2.62 bits per heavy atom. The minimum Gasteiger partial charge on any atom is -0.381 e. The van der Waals surface area contributed by atoms with E-state index in [1.807, 2.05) is 62.4 Å². The van der Waals surface area contributed by atoms with Gasteiger partial charge >= 0.3 is 0 Å². The highest BCUT2D eigenvalue weighted by atomic mass is 32.2. The molecule has 0 bridgehead atoms. The van der Waals surface area contributed by atoms with E-state index in [0.29, 0.717) is 23.8 Å². The predicted octanol–water partition coefficient (Wildman–Crippen LogP) is 3.82. The van der Waals surface area contributed by atoms with E-state index in [2.05, 4.69) is 0 Å². The zero-order chi connectivity index (χ0) is 16.9. The molecule has 0 radical (unpaired) electrons. The third kappa shape index (κ3) is 3.52. The van der Waals surface area contributed by atoms with Crippen molar-refractivity contribution >= 4 is 22.7 Å². The van der Waals surface area contributed by atoms with Gasteiger partial charge in [0.15, 0.2) is 5.16 Å². The molecule has 3 aromatic rings. The second-order valence-corrected chi connectivity index (χ2v) is 6.50. The summed E-state index contributed by atoms with van der Waals surface area (Å²) in [5.74, 6) is 0.754. The van der Waals surface area contributed by atoms with E-state index in [0.717, 1.165) is 22.5 Å². The van der Waals surface area contributed by atoms with Gasteiger partial charge in [0.25, 0.3) is 5.56 Å². The van der Waals surface area contributed by atoms with Gasteiger partial charge in [-0.3, -0.25) is 9.36 Å². The Labute approximate surface area is 145 Å². The fourth-order valence-electron chi connectivity index (χ4n) is 2.47. The molecule has 0 aliphatic rings. The van der Waals surface area contributed by atoms with E-state index < -0.39 is 0 Å². The summed E-state index contributed by atoms with van der Waals surface area (Å²) in [6, 6.07) is 15.4. The van der Waals surface area contributed by atoms with Crippen molar-refractivity contribution in [1.29, 1.82) is 0 Å². The summed E-state index contributed by atoms with van der Waals surface area (Å²) in [5, 5.41) is 1.33. The lowest BCUT2D eigenvalue weighted by atomic mass is 10.2. The van der Waals surface area contributed by atoms with E-state index >= 15 is 0 Å². The number of hydrogen-bond donors (Lipinski definition) is 0. The van der Waals surface area contributed by atoms with Crippen LogP contribution in [0, 0.1) is 6.92 Å². The van der Waals surface area contributed by atoms with Crippen molar-refractivity contribution < 1.29 is 4.74 Å². The molecule has 0 aliphatic carbocycles. The minimum absolute atomic E-state index is 0.0386. The van der Waals surface area contributed by atoms with Crippen LogP contribution in [-0.4, -0.2) is 28.5 Å². The smallest absolute Gasteiger partial charge is 0.266 e. The van der Waals surface area contributed by atoms with Crippen molar-refractivity contribution in [2.24, 2.45) is 0 Å². The molecule has 0 saturated carbocycles. The summed E-state index contributed by atoms with van der Waals surface area (Å²) in [6.45, 7) is 5.33. The molecule has 2 aromatic carbocycles. The maximum Gasteiger partial charge on any atom is 0.266 e. The molecule has 0 atom stereocenters. The van der Waals surface area contributed by atoms with E-state index in [-0.39, 0.29) is 5.56 Å². The van der Waals surface area contributed by atoms with Crippen molar-refractivity contribution in [3.63, 3.8) is 0 Å². The Kier molecular flexibility index (Phi) is 5.33. The molecule has 4 nitrogen and oxygen atoms in total. The molecule has 24 heavy (non-hydrogen) atoms. The molecule has 1 heterocycles. The summed E-state index contributed by atoms with van der Waals surface area (Å²) in [6.07, 6.45) is 0. The van der Waals surface area contributed by atoms with Gasteiger partial charge in [-0.05, 0) is 38.1 Å². The number of rotatable bonds is 6. The fraction of sp³-hybridized carbons (Fsp3) is 0.263. The third-order valence-corrected chi connectivity index (χ3v) is 4.60. The van der Waals surface area contributed by atoms with E-state index in [1.54, 1.807) is 16.3 Å². The molecular weight excluding hydrogens is 320 g/mol. The number of aryl methyl sites for hydroxylation is 1. The molecule has 124 valence electrons. The van der Waals surface area contributed by atoms with Gasteiger partial charge in [0, 0.05) is 12.4 Å². The van der Waals surface area contributed by atoms with Crippen LogP contribution >= 0.6 is 11.8 Å². The zero-order valence-corrected chi connectivity index (χ0v) is 14.7. The van der Waals surface area contributed by atoms with Crippen LogP contribution in [0.3, 0.4) is 0 Å². The lowest BCUT2D eigenvalue weighted by Gasteiger charge is -2.13. The number of fused-ring (bicyclic) bond motifs is 1. The van der Waals surface area contributed by atoms with Crippen LogP contribution in [-0.2, 0) is 4.74 Å². The van der Waals surface area contributed by atoms with Gasteiger partial charge in [0.1, 0.15) is 0 Å². The SMILES string of the molecule is CCOCCSc1nc2ccccc2c(=O)n1-c1ccc(C)cc1. The number of aromatic nitrogens is 2. The Morgan fingerprint density at radius 1 is 1.12 bits per heavy atom. The van der Waals surface area contributed by atoms with Gasteiger partial charge in [-0.1, -0.05) is 41.6 Å². The standard InChI is InChI=1S/C19H20N2O2S/c1-3-23-12-13-24-19-20-17-7-5-4-6-16(17)18(22)21(19)15-10-8-14(2)9-11-15/h4-11H,3,12-13H2,1-2H3. The molecule has 0 amide bonds. The molecule has 0 aliphatic heterocycles. The predicted molar refractivity (Wildman–Crippen MR) is 99.3 cm³/mol. The number of thioether (sulfide) groups is 1. The average molecular weight is 340 g/mol. The lowest BCUT2D eigenvalue weighted by Crippen LogP contribution is -2.22. The van der Waals surface area contributed by atoms with Gasteiger partial charge < -0.3 is 4.74 Å². The first-order chi connectivity index (χ1) is 11.7. The molecule has 5 heteroatoms. The summed E-state index contributed by atoms with van der Waals surface area (Å²) in [5.41, 5.74) is 2.68. The van der Waals surface area contributed by atoms with Crippen molar-refractivity contribution in [3.05, 3.63) is 64.4 Å². The van der Waals surface area contributed by atoms with E-state index in [1.165, 1.54) is 0 Å². The molecule has 0 fully saturated rings. The molecule has 3 rings (SSSR count). The minimum atomic E-state index is -0.0386. The summed E-state index contributed by atoms with van der Waals surface area (Å²) in [7, 11) is 0. The highest BCUT2D eigenvalue weighted by Gasteiger charge is 2.13.